The summed E-state index contributed by atoms with van der Waals surface area (Å²) in [5.41, 5.74) is 0.554. The zero-order valence-corrected chi connectivity index (χ0v) is 15.1. The SMILES string of the molecule is CN(C(=O)c1ccc(Br)c([N+](=O)[O-])c1)c1ccc(Br)cc1Cl. The molecule has 2 aromatic rings. The molecule has 0 bridgehead atoms. The van der Waals surface area contributed by atoms with Crippen molar-refractivity contribution in [3.8, 4) is 0 Å². The van der Waals surface area contributed by atoms with Gasteiger partial charge in [-0.05, 0) is 46.3 Å². The van der Waals surface area contributed by atoms with Crippen LogP contribution in [0, 0.1) is 10.1 Å². The van der Waals surface area contributed by atoms with Crippen LogP contribution in [-0.4, -0.2) is 17.9 Å². The Kier molecular flexibility index (Phi) is 5.20. The van der Waals surface area contributed by atoms with Gasteiger partial charge >= 0.3 is 0 Å². The molecule has 8 heteroatoms. The summed E-state index contributed by atoms with van der Waals surface area (Å²) in [5.74, 6) is -0.389. The molecule has 0 radical (unpaired) electrons. The summed E-state index contributed by atoms with van der Waals surface area (Å²) >= 11 is 12.5. The summed E-state index contributed by atoms with van der Waals surface area (Å²) in [4.78, 5) is 24.2. The van der Waals surface area contributed by atoms with Crippen LogP contribution in [0.4, 0.5) is 11.4 Å². The van der Waals surface area contributed by atoms with E-state index in [1.54, 1.807) is 25.2 Å². The molecule has 0 spiro atoms. The Balaban J connectivity index is 2.39. The van der Waals surface area contributed by atoms with Gasteiger partial charge in [-0.25, -0.2) is 0 Å². The Morgan fingerprint density at radius 1 is 1.23 bits per heavy atom. The maximum absolute atomic E-state index is 12.5. The molecule has 0 aliphatic heterocycles. The molecule has 0 N–H and O–H groups in total. The number of carbonyl (C=O) groups is 1. The minimum Gasteiger partial charge on any atom is -0.310 e. The quantitative estimate of drug-likeness (QED) is 0.488. The first-order chi connectivity index (χ1) is 10.3. The van der Waals surface area contributed by atoms with Crippen LogP contribution in [0.1, 0.15) is 10.4 Å². The Hall–Kier alpha value is -1.44. The molecule has 0 aliphatic rings. The van der Waals surface area contributed by atoms with Crippen molar-refractivity contribution in [1.82, 2.24) is 0 Å². The highest BCUT2D eigenvalue weighted by atomic mass is 79.9. The molecule has 114 valence electrons. The fraction of sp³-hybridized carbons (Fsp3) is 0.0714. The van der Waals surface area contributed by atoms with Gasteiger partial charge in [0.25, 0.3) is 11.6 Å². The molecule has 0 aromatic heterocycles. The van der Waals surface area contributed by atoms with Crippen molar-refractivity contribution in [3.05, 3.63) is 66.0 Å². The predicted molar refractivity (Wildman–Crippen MR) is 92.7 cm³/mol. The first kappa shape index (κ1) is 16.9. The molecule has 0 atom stereocenters. The molecular formula is C14H9Br2ClN2O3. The van der Waals surface area contributed by atoms with E-state index in [-0.39, 0.29) is 17.2 Å². The van der Waals surface area contributed by atoms with Crippen LogP contribution in [0.5, 0.6) is 0 Å². The maximum Gasteiger partial charge on any atom is 0.284 e. The largest absolute Gasteiger partial charge is 0.310 e. The molecule has 0 fully saturated rings. The highest BCUT2D eigenvalue weighted by Crippen LogP contribution is 2.30. The summed E-state index contributed by atoms with van der Waals surface area (Å²) in [7, 11) is 1.56. The molecule has 5 nitrogen and oxygen atoms in total. The minimum absolute atomic E-state index is 0.166. The van der Waals surface area contributed by atoms with E-state index in [2.05, 4.69) is 31.9 Å². The number of nitrogens with zero attached hydrogens (tertiary/aromatic N) is 2. The number of amides is 1. The molecule has 0 unspecified atom stereocenters. The van der Waals surface area contributed by atoms with Crippen molar-refractivity contribution >= 4 is 60.7 Å². The maximum atomic E-state index is 12.5. The fourth-order valence-electron chi connectivity index (χ4n) is 1.84. The lowest BCUT2D eigenvalue weighted by atomic mass is 10.1. The van der Waals surface area contributed by atoms with Crippen molar-refractivity contribution in [2.75, 3.05) is 11.9 Å². The number of hydrogen-bond donors (Lipinski definition) is 0. The van der Waals surface area contributed by atoms with Gasteiger partial charge in [-0.2, -0.15) is 0 Å². The van der Waals surface area contributed by atoms with E-state index in [0.717, 1.165) is 4.47 Å². The summed E-state index contributed by atoms with van der Waals surface area (Å²) in [6.45, 7) is 0. The molecular weight excluding hydrogens is 439 g/mol. The van der Waals surface area contributed by atoms with Crippen molar-refractivity contribution in [2.24, 2.45) is 0 Å². The van der Waals surface area contributed by atoms with Crippen LogP contribution >= 0.6 is 43.5 Å². The van der Waals surface area contributed by atoms with Gasteiger partial charge in [0.15, 0.2) is 0 Å². The van der Waals surface area contributed by atoms with E-state index in [1.807, 2.05) is 0 Å². The normalized spacial score (nSPS) is 10.4. The Morgan fingerprint density at radius 2 is 1.91 bits per heavy atom. The van der Waals surface area contributed by atoms with E-state index in [4.69, 9.17) is 11.6 Å². The van der Waals surface area contributed by atoms with Gasteiger partial charge in [0.2, 0.25) is 0 Å². The van der Waals surface area contributed by atoms with Gasteiger partial charge in [0.05, 0.1) is 20.1 Å². The van der Waals surface area contributed by atoms with Gasteiger partial charge in [0.1, 0.15) is 0 Å². The second-order valence-corrected chi connectivity index (χ2v) is 6.56. The number of nitro groups is 1. The van der Waals surface area contributed by atoms with Gasteiger partial charge in [-0.3, -0.25) is 14.9 Å². The van der Waals surface area contributed by atoms with E-state index >= 15 is 0 Å². The molecule has 0 heterocycles. The van der Waals surface area contributed by atoms with E-state index in [1.165, 1.54) is 23.1 Å². The molecule has 0 saturated carbocycles. The number of benzene rings is 2. The standard InChI is InChI=1S/C14H9Br2ClN2O3/c1-18(12-5-3-9(15)7-11(12)17)14(20)8-2-4-10(16)13(6-8)19(21)22/h2-7H,1H3. The number of anilines is 1. The smallest absolute Gasteiger partial charge is 0.284 e. The van der Waals surface area contributed by atoms with Crippen LogP contribution in [0.25, 0.3) is 0 Å². The van der Waals surface area contributed by atoms with Crippen molar-refractivity contribution in [3.63, 3.8) is 0 Å². The number of nitro benzene ring substituents is 1. The number of rotatable bonds is 3. The summed E-state index contributed by atoms with van der Waals surface area (Å²) in [6.07, 6.45) is 0. The zero-order valence-electron chi connectivity index (χ0n) is 11.2. The lowest BCUT2D eigenvalue weighted by Crippen LogP contribution is -2.26. The molecule has 0 aliphatic carbocycles. The molecule has 2 aromatic carbocycles. The van der Waals surface area contributed by atoms with Gasteiger partial charge in [0, 0.05) is 23.2 Å². The topological polar surface area (TPSA) is 63.5 Å². The van der Waals surface area contributed by atoms with Crippen molar-refractivity contribution in [1.29, 1.82) is 0 Å². The average molecular weight is 448 g/mol. The van der Waals surface area contributed by atoms with Crippen molar-refractivity contribution < 1.29 is 9.72 Å². The Labute approximate surface area is 148 Å². The summed E-state index contributed by atoms with van der Waals surface area (Å²) < 4.78 is 1.11. The third-order valence-electron chi connectivity index (χ3n) is 2.97. The van der Waals surface area contributed by atoms with Crippen LogP contribution in [0.15, 0.2) is 45.3 Å². The van der Waals surface area contributed by atoms with E-state index in [0.29, 0.717) is 15.2 Å². The third-order valence-corrected chi connectivity index (χ3v) is 4.43. The Morgan fingerprint density at radius 3 is 2.50 bits per heavy atom. The van der Waals surface area contributed by atoms with E-state index in [9.17, 15) is 14.9 Å². The number of halogens is 3. The fourth-order valence-corrected chi connectivity index (χ4v) is 3.03. The highest BCUT2D eigenvalue weighted by molar-refractivity contribution is 9.10. The number of carbonyl (C=O) groups excluding carboxylic acids is 1. The second-order valence-electron chi connectivity index (χ2n) is 4.38. The van der Waals surface area contributed by atoms with E-state index < -0.39 is 4.92 Å². The Bertz CT molecular complexity index is 768. The third kappa shape index (κ3) is 3.48. The monoisotopic (exact) mass is 446 g/mol. The molecule has 22 heavy (non-hydrogen) atoms. The molecule has 2 rings (SSSR count). The molecule has 0 saturated heterocycles. The van der Waals surface area contributed by atoms with Gasteiger partial charge < -0.3 is 4.90 Å². The van der Waals surface area contributed by atoms with Crippen LogP contribution in [0.3, 0.4) is 0 Å². The van der Waals surface area contributed by atoms with Gasteiger partial charge in [-0.1, -0.05) is 27.5 Å². The lowest BCUT2D eigenvalue weighted by molar-refractivity contribution is -0.385. The average Bonchev–Trinajstić information content (AvgIpc) is 2.46. The predicted octanol–water partition coefficient (Wildman–Crippen LogP) is 5.05. The minimum atomic E-state index is -0.548. The van der Waals surface area contributed by atoms with Gasteiger partial charge in [-0.15, -0.1) is 0 Å². The highest BCUT2D eigenvalue weighted by Gasteiger charge is 2.20. The summed E-state index contributed by atoms with van der Waals surface area (Å²) in [5, 5.41) is 11.4. The summed E-state index contributed by atoms with van der Waals surface area (Å²) in [6, 6.07) is 9.35. The zero-order chi connectivity index (χ0) is 16.4. The lowest BCUT2D eigenvalue weighted by Gasteiger charge is -2.19. The number of hydrogen-bond acceptors (Lipinski definition) is 3. The first-order valence-corrected chi connectivity index (χ1v) is 7.94. The van der Waals surface area contributed by atoms with Crippen molar-refractivity contribution in [2.45, 2.75) is 0 Å². The first-order valence-electron chi connectivity index (χ1n) is 5.98. The van der Waals surface area contributed by atoms with Crippen LogP contribution < -0.4 is 4.90 Å². The molecule has 1 amide bonds. The second kappa shape index (κ2) is 6.76. The van der Waals surface area contributed by atoms with Crippen LogP contribution in [-0.2, 0) is 0 Å². The van der Waals surface area contributed by atoms with Crippen LogP contribution in [0.2, 0.25) is 5.02 Å².